The number of ether oxygens (including phenoxy) is 2. The monoisotopic (exact) mass is 574 g/mol. The molecule has 6 rings (SSSR count). The molecule has 1 aliphatic carbocycles. The van der Waals surface area contributed by atoms with Gasteiger partial charge < -0.3 is 24.8 Å². The first-order chi connectivity index (χ1) is 19.7. The second-order valence-corrected chi connectivity index (χ2v) is 12.7. The third-order valence-corrected chi connectivity index (χ3v) is 9.51. The summed E-state index contributed by atoms with van der Waals surface area (Å²) < 4.78 is 11.8. The molecular formula is C34H39ClN2O4. The van der Waals surface area contributed by atoms with Crippen molar-refractivity contribution in [1.29, 1.82) is 0 Å². The second kappa shape index (κ2) is 11.0. The Balaban J connectivity index is 1.41. The molecule has 7 heteroatoms. The quantitative estimate of drug-likeness (QED) is 0.348. The Morgan fingerprint density at radius 2 is 1.66 bits per heavy atom. The van der Waals surface area contributed by atoms with Crippen LogP contribution >= 0.6 is 11.6 Å². The van der Waals surface area contributed by atoms with Crippen LogP contribution in [0.15, 0.2) is 60.7 Å². The van der Waals surface area contributed by atoms with Crippen molar-refractivity contribution in [2.75, 3.05) is 25.1 Å². The number of hydrogen-bond acceptors (Lipinski definition) is 5. The van der Waals surface area contributed by atoms with Gasteiger partial charge in [-0.3, -0.25) is 4.79 Å². The normalized spacial score (nSPS) is 25.1. The fourth-order valence-corrected chi connectivity index (χ4v) is 7.61. The Labute approximate surface area is 247 Å². The lowest BCUT2D eigenvalue weighted by molar-refractivity contribution is -0.118. The lowest BCUT2D eigenvalue weighted by atomic mass is 9.71. The number of rotatable bonds is 7. The highest BCUT2D eigenvalue weighted by Crippen LogP contribution is 2.50. The summed E-state index contributed by atoms with van der Waals surface area (Å²) in [5.74, 6) is 2.46. The second-order valence-electron chi connectivity index (χ2n) is 12.2. The zero-order valence-corrected chi connectivity index (χ0v) is 24.9. The van der Waals surface area contributed by atoms with Crippen LogP contribution in [0.25, 0.3) is 0 Å². The van der Waals surface area contributed by atoms with Gasteiger partial charge in [0, 0.05) is 10.7 Å². The molecule has 2 N–H and O–H groups in total. The Morgan fingerprint density at radius 3 is 2.27 bits per heavy atom. The van der Waals surface area contributed by atoms with E-state index in [0.717, 1.165) is 53.9 Å². The molecule has 1 saturated carbocycles. The van der Waals surface area contributed by atoms with Gasteiger partial charge in [0.05, 0.1) is 31.3 Å². The molecule has 3 aromatic carbocycles. The first-order valence-corrected chi connectivity index (χ1v) is 15.0. The van der Waals surface area contributed by atoms with E-state index < -0.39 is 5.60 Å². The molecule has 2 bridgehead atoms. The topological polar surface area (TPSA) is 71.0 Å². The molecule has 3 aliphatic rings. The van der Waals surface area contributed by atoms with Crippen LogP contribution in [0.3, 0.4) is 0 Å². The summed E-state index contributed by atoms with van der Waals surface area (Å²) in [7, 11) is 1.62. The average Bonchev–Trinajstić information content (AvgIpc) is 3.22. The lowest BCUT2D eigenvalue weighted by Gasteiger charge is -2.42. The van der Waals surface area contributed by atoms with Crippen molar-refractivity contribution >= 4 is 23.2 Å². The van der Waals surface area contributed by atoms with E-state index in [1.165, 1.54) is 0 Å². The van der Waals surface area contributed by atoms with Crippen LogP contribution in [-0.2, 0) is 16.8 Å². The largest absolute Gasteiger partial charge is 0.493 e. The van der Waals surface area contributed by atoms with Crippen molar-refractivity contribution in [3.63, 3.8) is 0 Å². The molecule has 1 amide bonds. The first-order valence-electron chi connectivity index (χ1n) is 14.7. The molecule has 5 atom stereocenters. The zero-order valence-electron chi connectivity index (χ0n) is 24.2. The average molecular weight is 575 g/mol. The Hall–Kier alpha value is -3.06. The Morgan fingerprint density at radius 1 is 1.00 bits per heavy atom. The van der Waals surface area contributed by atoms with Crippen molar-refractivity contribution < 1.29 is 19.4 Å². The molecule has 1 saturated heterocycles. The molecule has 6 nitrogen and oxygen atoms in total. The number of piperidine rings is 1. The Bertz CT molecular complexity index is 1400. The first kappa shape index (κ1) is 28.1. The van der Waals surface area contributed by atoms with Crippen molar-refractivity contribution in [1.82, 2.24) is 5.32 Å². The van der Waals surface area contributed by atoms with Gasteiger partial charge in [0.2, 0.25) is 5.91 Å². The lowest BCUT2D eigenvalue weighted by Crippen LogP contribution is -2.47. The number of nitrogens with zero attached hydrogens (tertiary/aromatic N) is 1. The van der Waals surface area contributed by atoms with Gasteiger partial charge in [0.1, 0.15) is 0 Å². The van der Waals surface area contributed by atoms with Gasteiger partial charge >= 0.3 is 0 Å². The van der Waals surface area contributed by atoms with Crippen molar-refractivity contribution in [3.8, 4) is 11.5 Å². The van der Waals surface area contributed by atoms with Crippen LogP contribution in [0.4, 0.5) is 5.69 Å². The highest BCUT2D eigenvalue weighted by Gasteiger charge is 2.49. The van der Waals surface area contributed by atoms with Crippen LogP contribution in [-0.4, -0.2) is 37.3 Å². The summed E-state index contributed by atoms with van der Waals surface area (Å²) >= 11 is 6.26. The predicted octanol–water partition coefficient (Wildman–Crippen LogP) is 6.27. The minimum Gasteiger partial charge on any atom is -0.493 e. The summed E-state index contributed by atoms with van der Waals surface area (Å²) in [6.45, 7) is 7.86. The summed E-state index contributed by atoms with van der Waals surface area (Å²) in [5, 5.41) is 16.0. The number of benzene rings is 3. The summed E-state index contributed by atoms with van der Waals surface area (Å²) in [5.41, 5.74) is 3.61. The van der Waals surface area contributed by atoms with E-state index in [2.05, 4.69) is 5.32 Å². The van der Waals surface area contributed by atoms with Gasteiger partial charge in [0.15, 0.2) is 11.5 Å². The summed E-state index contributed by atoms with van der Waals surface area (Å²) in [6, 6.07) is 19.2. The number of hydrogen-bond donors (Lipinski definition) is 2. The van der Waals surface area contributed by atoms with Gasteiger partial charge in [-0.15, -0.1) is 0 Å². The third kappa shape index (κ3) is 5.11. The van der Waals surface area contributed by atoms with Gasteiger partial charge in [0.25, 0.3) is 0 Å². The molecule has 2 unspecified atom stereocenters. The standard InChI is InChI=1S/C34H39ClN2O4/c1-20(2)41-30-17-28-24(15-29(30)40-4)16-31(38)37(33(28)21-7-11-26(35)12-8-21)27-13-9-25(10-14-27)34(3,39)32-22-5-6-23(32)19-36-18-22/h7-15,17,20,22-23,32-33,36,39H,5-6,16,18-19H2,1-4H3/t22-,23+,32?,33-,34?/m0/s1. The molecule has 216 valence electrons. The van der Waals surface area contributed by atoms with E-state index >= 15 is 0 Å². The Kier molecular flexibility index (Phi) is 7.52. The van der Waals surface area contributed by atoms with E-state index in [4.69, 9.17) is 21.1 Å². The number of halogens is 1. The zero-order chi connectivity index (χ0) is 28.9. The molecule has 2 fully saturated rings. The minimum absolute atomic E-state index is 0.00654. The minimum atomic E-state index is -0.930. The van der Waals surface area contributed by atoms with Gasteiger partial charge in [-0.05, 0) is 123 Å². The smallest absolute Gasteiger partial charge is 0.232 e. The fraction of sp³-hybridized carbons (Fsp3) is 0.441. The molecule has 0 spiro atoms. The molecule has 0 aromatic heterocycles. The number of amides is 1. The van der Waals surface area contributed by atoms with Gasteiger partial charge in [-0.1, -0.05) is 35.9 Å². The van der Waals surface area contributed by atoms with Crippen molar-refractivity contribution in [2.45, 2.75) is 57.8 Å². The van der Waals surface area contributed by atoms with Crippen molar-refractivity contribution in [2.24, 2.45) is 17.8 Å². The van der Waals surface area contributed by atoms with E-state index in [1.807, 2.05) is 86.3 Å². The molecule has 41 heavy (non-hydrogen) atoms. The van der Waals surface area contributed by atoms with Crippen molar-refractivity contribution in [3.05, 3.63) is 87.9 Å². The molecular weight excluding hydrogens is 536 g/mol. The maximum atomic E-state index is 13.9. The number of aliphatic hydroxyl groups is 1. The molecule has 3 aromatic rings. The van der Waals surface area contributed by atoms with Crippen LogP contribution in [0.5, 0.6) is 11.5 Å². The van der Waals surface area contributed by atoms with Gasteiger partial charge in [-0.2, -0.15) is 0 Å². The number of methoxy groups -OCH3 is 1. The predicted molar refractivity (Wildman–Crippen MR) is 162 cm³/mol. The number of anilines is 1. The molecule has 2 heterocycles. The maximum absolute atomic E-state index is 13.9. The van der Waals surface area contributed by atoms with E-state index in [1.54, 1.807) is 7.11 Å². The third-order valence-electron chi connectivity index (χ3n) is 9.25. The highest BCUT2D eigenvalue weighted by molar-refractivity contribution is 6.30. The highest BCUT2D eigenvalue weighted by atomic mass is 35.5. The molecule has 2 aliphatic heterocycles. The maximum Gasteiger partial charge on any atom is 0.232 e. The molecule has 0 radical (unpaired) electrons. The van der Waals surface area contributed by atoms with Gasteiger partial charge in [-0.25, -0.2) is 0 Å². The number of fused-ring (bicyclic) bond motifs is 3. The van der Waals surface area contributed by atoms with E-state index in [9.17, 15) is 9.90 Å². The fourth-order valence-electron chi connectivity index (χ4n) is 7.48. The number of carbonyl (C=O) groups is 1. The van der Waals surface area contributed by atoms with E-state index in [-0.39, 0.29) is 30.4 Å². The van der Waals surface area contributed by atoms with Crippen LogP contribution < -0.4 is 19.7 Å². The summed E-state index contributed by atoms with van der Waals surface area (Å²) in [6.07, 6.45) is 2.53. The van der Waals surface area contributed by atoms with Crippen LogP contribution in [0.1, 0.15) is 61.9 Å². The van der Waals surface area contributed by atoms with Crippen LogP contribution in [0.2, 0.25) is 5.02 Å². The summed E-state index contributed by atoms with van der Waals surface area (Å²) in [4.78, 5) is 15.7. The van der Waals surface area contributed by atoms with Crippen LogP contribution in [0, 0.1) is 17.8 Å². The number of carbonyl (C=O) groups excluding carboxylic acids is 1. The van der Waals surface area contributed by atoms with E-state index in [0.29, 0.717) is 28.4 Å². The number of nitrogens with one attached hydrogen (secondary N) is 1. The SMILES string of the molecule is COc1cc2c(cc1OC(C)C)[C@H](c1ccc(Cl)cc1)N(c1ccc(C(C)(O)C3[C@@H]4CC[C@H]3CNC4)cc1)C(=O)C2.